The SMILES string of the molecule is C=C(C#N)N=CC(=C)c1cccnc1C. The zero-order chi connectivity index (χ0) is 11.3. The lowest BCUT2D eigenvalue weighted by Crippen LogP contribution is -1.91. The van der Waals surface area contributed by atoms with Gasteiger partial charge in [-0.2, -0.15) is 5.26 Å². The van der Waals surface area contributed by atoms with Crippen LogP contribution in [-0.4, -0.2) is 11.2 Å². The molecule has 0 bridgehead atoms. The predicted octanol–water partition coefficient (Wildman–Crippen LogP) is 2.51. The van der Waals surface area contributed by atoms with Crippen LogP contribution >= 0.6 is 0 Å². The van der Waals surface area contributed by atoms with Crippen LogP contribution in [-0.2, 0) is 0 Å². The zero-order valence-corrected chi connectivity index (χ0v) is 8.57. The van der Waals surface area contributed by atoms with E-state index in [0.717, 1.165) is 16.8 Å². The number of allylic oxidation sites excluding steroid dienone is 2. The van der Waals surface area contributed by atoms with E-state index < -0.39 is 0 Å². The second kappa shape index (κ2) is 4.87. The number of aliphatic imine (C=N–C) groups is 1. The van der Waals surface area contributed by atoms with Crippen LogP contribution in [0.3, 0.4) is 0 Å². The molecule has 3 heteroatoms. The minimum Gasteiger partial charge on any atom is -0.261 e. The molecule has 0 aliphatic heterocycles. The molecule has 1 heterocycles. The first-order valence-electron chi connectivity index (χ1n) is 4.39. The largest absolute Gasteiger partial charge is 0.261 e. The average Bonchev–Trinajstić information content (AvgIpc) is 2.26. The van der Waals surface area contributed by atoms with Gasteiger partial charge < -0.3 is 0 Å². The van der Waals surface area contributed by atoms with Crippen LogP contribution in [0.15, 0.2) is 42.2 Å². The molecule has 0 fully saturated rings. The van der Waals surface area contributed by atoms with Crippen molar-refractivity contribution < 1.29 is 0 Å². The van der Waals surface area contributed by atoms with Gasteiger partial charge in [-0.3, -0.25) is 4.98 Å². The lowest BCUT2D eigenvalue weighted by atomic mass is 10.1. The lowest BCUT2D eigenvalue weighted by Gasteiger charge is -2.02. The van der Waals surface area contributed by atoms with E-state index in [1.54, 1.807) is 6.20 Å². The number of hydrogen-bond acceptors (Lipinski definition) is 3. The van der Waals surface area contributed by atoms with Crippen molar-refractivity contribution in [2.45, 2.75) is 6.92 Å². The Morgan fingerprint density at radius 3 is 2.93 bits per heavy atom. The second-order valence-electron chi connectivity index (χ2n) is 2.98. The van der Waals surface area contributed by atoms with Crippen molar-refractivity contribution in [2.24, 2.45) is 4.99 Å². The molecule has 1 rings (SSSR count). The second-order valence-corrected chi connectivity index (χ2v) is 2.98. The molecular weight excluding hydrogens is 186 g/mol. The minimum absolute atomic E-state index is 0.165. The van der Waals surface area contributed by atoms with E-state index in [4.69, 9.17) is 5.26 Å². The number of aryl methyl sites for hydroxylation is 1. The Labute approximate surface area is 89.1 Å². The van der Waals surface area contributed by atoms with Gasteiger partial charge in [0.25, 0.3) is 0 Å². The molecule has 1 aromatic rings. The van der Waals surface area contributed by atoms with Gasteiger partial charge in [0.05, 0.1) is 0 Å². The quantitative estimate of drug-likeness (QED) is 0.552. The lowest BCUT2D eigenvalue weighted by molar-refractivity contribution is 1.19. The van der Waals surface area contributed by atoms with Crippen molar-refractivity contribution in [1.29, 1.82) is 5.26 Å². The Balaban J connectivity index is 2.88. The number of nitriles is 1. The molecule has 0 aromatic carbocycles. The highest BCUT2D eigenvalue weighted by Crippen LogP contribution is 2.13. The van der Waals surface area contributed by atoms with Gasteiger partial charge in [0.1, 0.15) is 11.8 Å². The first-order chi connectivity index (χ1) is 7.15. The molecule has 0 saturated heterocycles. The number of nitrogens with zero attached hydrogens (tertiary/aromatic N) is 3. The molecule has 0 aliphatic carbocycles. The monoisotopic (exact) mass is 197 g/mol. The summed E-state index contributed by atoms with van der Waals surface area (Å²) in [6.07, 6.45) is 3.24. The maximum Gasteiger partial charge on any atom is 0.133 e. The van der Waals surface area contributed by atoms with Gasteiger partial charge in [-0.25, -0.2) is 4.99 Å². The summed E-state index contributed by atoms with van der Waals surface area (Å²) >= 11 is 0. The fraction of sp³-hybridized carbons (Fsp3) is 0.0833. The van der Waals surface area contributed by atoms with Gasteiger partial charge in [-0.1, -0.05) is 19.2 Å². The van der Waals surface area contributed by atoms with E-state index in [2.05, 4.69) is 23.1 Å². The molecule has 1 aromatic heterocycles. The van der Waals surface area contributed by atoms with Crippen LogP contribution in [0.4, 0.5) is 0 Å². The smallest absolute Gasteiger partial charge is 0.133 e. The molecule has 0 unspecified atom stereocenters. The third kappa shape index (κ3) is 2.89. The molecule has 15 heavy (non-hydrogen) atoms. The number of hydrogen-bond donors (Lipinski definition) is 0. The third-order valence-electron chi connectivity index (χ3n) is 1.86. The normalized spacial score (nSPS) is 9.87. The molecule has 0 radical (unpaired) electrons. The Bertz CT molecular complexity index is 464. The highest BCUT2D eigenvalue weighted by molar-refractivity contribution is 6.09. The van der Waals surface area contributed by atoms with Gasteiger partial charge in [0, 0.05) is 23.7 Å². The first kappa shape index (κ1) is 10.9. The summed E-state index contributed by atoms with van der Waals surface area (Å²) < 4.78 is 0. The fourth-order valence-corrected chi connectivity index (χ4v) is 1.08. The van der Waals surface area contributed by atoms with Crippen LogP contribution in [0.1, 0.15) is 11.3 Å². The summed E-state index contributed by atoms with van der Waals surface area (Å²) in [5.74, 6) is 0. The molecule has 0 saturated carbocycles. The van der Waals surface area contributed by atoms with Crippen LogP contribution in [0.5, 0.6) is 0 Å². The van der Waals surface area contributed by atoms with Gasteiger partial charge >= 0.3 is 0 Å². The highest BCUT2D eigenvalue weighted by atomic mass is 14.7. The van der Waals surface area contributed by atoms with Crippen molar-refractivity contribution >= 4 is 11.8 Å². The van der Waals surface area contributed by atoms with E-state index in [1.807, 2.05) is 25.1 Å². The predicted molar refractivity (Wildman–Crippen MR) is 61.3 cm³/mol. The summed E-state index contributed by atoms with van der Waals surface area (Å²) in [5.41, 5.74) is 2.69. The molecule has 0 amide bonds. The Kier molecular flexibility index (Phi) is 3.53. The van der Waals surface area contributed by atoms with Gasteiger partial charge in [0.15, 0.2) is 0 Å². The average molecular weight is 197 g/mol. The van der Waals surface area contributed by atoms with E-state index in [9.17, 15) is 0 Å². The Morgan fingerprint density at radius 1 is 1.60 bits per heavy atom. The third-order valence-corrected chi connectivity index (χ3v) is 1.86. The van der Waals surface area contributed by atoms with Gasteiger partial charge in [-0.05, 0) is 18.6 Å². The van der Waals surface area contributed by atoms with E-state index in [1.165, 1.54) is 6.21 Å². The summed E-state index contributed by atoms with van der Waals surface area (Å²) in [6.45, 7) is 9.19. The molecule has 0 spiro atoms. The van der Waals surface area contributed by atoms with Crippen LogP contribution in [0.2, 0.25) is 0 Å². The van der Waals surface area contributed by atoms with Crippen molar-refractivity contribution in [3.8, 4) is 6.07 Å². The maximum absolute atomic E-state index is 8.47. The topological polar surface area (TPSA) is 49.0 Å². The van der Waals surface area contributed by atoms with Crippen molar-refractivity contribution in [3.05, 3.63) is 48.4 Å². The van der Waals surface area contributed by atoms with Gasteiger partial charge in [0.2, 0.25) is 0 Å². The first-order valence-corrected chi connectivity index (χ1v) is 4.39. The van der Waals surface area contributed by atoms with Gasteiger partial charge in [-0.15, -0.1) is 0 Å². The number of rotatable bonds is 3. The molecule has 3 nitrogen and oxygen atoms in total. The molecule has 74 valence electrons. The molecule has 0 aliphatic rings. The van der Waals surface area contributed by atoms with E-state index in [0.29, 0.717) is 0 Å². The fourth-order valence-electron chi connectivity index (χ4n) is 1.08. The van der Waals surface area contributed by atoms with E-state index in [-0.39, 0.29) is 5.70 Å². The Morgan fingerprint density at radius 2 is 2.33 bits per heavy atom. The standard InChI is InChI=1S/C12H11N3/c1-9(8-15-10(2)7-13)12-5-4-6-14-11(12)3/h4-6,8H,1-2H2,3H3. The van der Waals surface area contributed by atoms with Crippen LogP contribution in [0, 0.1) is 18.3 Å². The highest BCUT2D eigenvalue weighted by Gasteiger charge is 2.00. The molecular formula is C12H11N3. The molecule has 0 atom stereocenters. The van der Waals surface area contributed by atoms with Crippen LogP contribution in [0.25, 0.3) is 5.57 Å². The van der Waals surface area contributed by atoms with Crippen molar-refractivity contribution in [3.63, 3.8) is 0 Å². The van der Waals surface area contributed by atoms with Crippen LogP contribution < -0.4 is 0 Å². The summed E-state index contributed by atoms with van der Waals surface area (Å²) in [6, 6.07) is 5.58. The maximum atomic E-state index is 8.47. The van der Waals surface area contributed by atoms with Crippen molar-refractivity contribution in [1.82, 2.24) is 4.98 Å². The summed E-state index contributed by atoms with van der Waals surface area (Å²) in [4.78, 5) is 7.99. The Hall–Kier alpha value is -2.21. The summed E-state index contributed by atoms with van der Waals surface area (Å²) in [7, 11) is 0. The number of pyridine rings is 1. The number of aromatic nitrogens is 1. The van der Waals surface area contributed by atoms with Crippen molar-refractivity contribution in [2.75, 3.05) is 0 Å². The minimum atomic E-state index is 0.165. The molecule has 0 N–H and O–H groups in total. The zero-order valence-electron chi connectivity index (χ0n) is 8.57. The van der Waals surface area contributed by atoms with E-state index >= 15 is 0 Å². The summed E-state index contributed by atoms with van der Waals surface area (Å²) in [5, 5.41) is 8.47.